The van der Waals surface area contributed by atoms with E-state index in [0.717, 1.165) is 26.3 Å². The average Bonchev–Trinajstić information content (AvgIpc) is 2.82. The van der Waals surface area contributed by atoms with Crippen LogP contribution in [0.2, 0.25) is 0 Å². The first-order valence-electron chi connectivity index (χ1n) is 11.5. The van der Waals surface area contributed by atoms with Gasteiger partial charge in [-0.15, -0.1) is 5.10 Å². The summed E-state index contributed by atoms with van der Waals surface area (Å²) in [5, 5.41) is 7.94. The normalized spacial score (nSPS) is 22.9. The van der Waals surface area contributed by atoms with E-state index in [1.54, 1.807) is 6.07 Å². The monoisotopic (exact) mass is 516 g/mol. The highest BCUT2D eigenvalue weighted by atomic mass is 16.7. The Kier molecular flexibility index (Phi) is 9.50. The number of esters is 4. The average molecular weight is 517 g/mol. The Morgan fingerprint density at radius 2 is 1.43 bits per heavy atom. The molecular formula is C25H28N2O10. The van der Waals surface area contributed by atoms with Gasteiger partial charge in [-0.05, 0) is 11.6 Å². The van der Waals surface area contributed by atoms with Crippen LogP contribution >= 0.6 is 0 Å². The minimum Gasteiger partial charge on any atom is -0.463 e. The molecule has 12 heteroatoms. The Hall–Kier alpha value is -4.06. The van der Waals surface area contributed by atoms with Gasteiger partial charge in [0.1, 0.15) is 12.7 Å². The van der Waals surface area contributed by atoms with E-state index >= 15 is 0 Å². The van der Waals surface area contributed by atoms with E-state index in [1.165, 1.54) is 13.1 Å². The van der Waals surface area contributed by atoms with E-state index in [-0.39, 0.29) is 12.5 Å². The second-order valence-electron chi connectivity index (χ2n) is 8.21. The molecule has 12 nitrogen and oxygen atoms in total. The van der Waals surface area contributed by atoms with Crippen LogP contribution in [0.25, 0.3) is 0 Å². The summed E-state index contributed by atoms with van der Waals surface area (Å²) in [6, 6.07) is 11.2. The SMILES string of the molecule is CC(=O)OC[C@H]1O[C@@H](Oc2nnccc2Cc2ccccc2)[C@H](OC(C)=O)[C@@H](OC(C)=O)[C@@H]1OC(C)=O. The number of ether oxygens (including phenoxy) is 6. The maximum absolute atomic E-state index is 12.0. The molecule has 2 aromatic rings. The van der Waals surface area contributed by atoms with Gasteiger partial charge in [-0.1, -0.05) is 30.3 Å². The van der Waals surface area contributed by atoms with Gasteiger partial charge in [0.15, 0.2) is 12.2 Å². The molecule has 1 fully saturated rings. The van der Waals surface area contributed by atoms with Gasteiger partial charge in [0.2, 0.25) is 18.3 Å². The van der Waals surface area contributed by atoms with E-state index < -0.39 is 54.6 Å². The lowest BCUT2D eigenvalue weighted by atomic mass is 9.98. The zero-order valence-corrected chi connectivity index (χ0v) is 20.8. The summed E-state index contributed by atoms with van der Waals surface area (Å²) in [5.74, 6) is -2.74. The number of rotatable bonds is 9. The molecule has 198 valence electrons. The molecule has 1 aromatic carbocycles. The molecule has 0 aliphatic carbocycles. The van der Waals surface area contributed by atoms with Crippen LogP contribution < -0.4 is 4.74 Å². The fourth-order valence-corrected chi connectivity index (χ4v) is 3.79. The summed E-state index contributed by atoms with van der Waals surface area (Å²) < 4.78 is 33.3. The maximum atomic E-state index is 12.0. The number of aromatic nitrogens is 2. The highest BCUT2D eigenvalue weighted by Gasteiger charge is 2.53. The summed E-state index contributed by atoms with van der Waals surface area (Å²) in [7, 11) is 0. The summed E-state index contributed by atoms with van der Waals surface area (Å²) in [6.45, 7) is 4.26. The Morgan fingerprint density at radius 3 is 2.05 bits per heavy atom. The zero-order valence-electron chi connectivity index (χ0n) is 20.8. The van der Waals surface area contributed by atoms with E-state index in [0.29, 0.717) is 12.0 Å². The molecule has 1 saturated heterocycles. The van der Waals surface area contributed by atoms with Crippen molar-refractivity contribution in [2.75, 3.05) is 6.61 Å². The molecule has 0 N–H and O–H groups in total. The second kappa shape index (κ2) is 12.8. The van der Waals surface area contributed by atoms with Gasteiger partial charge in [0.25, 0.3) is 0 Å². The minimum absolute atomic E-state index is 0.0762. The van der Waals surface area contributed by atoms with Crippen LogP contribution in [0.3, 0.4) is 0 Å². The summed E-state index contributed by atoms with van der Waals surface area (Å²) in [6.07, 6.45) is -4.59. The van der Waals surface area contributed by atoms with E-state index in [4.69, 9.17) is 28.4 Å². The van der Waals surface area contributed by atoms with Crippen molar-refractivity contribution in [3.8, 4) is 5.88 Å². The van der Waals surface area contributed by atoms with Crippen molar-refractivity contribution in [1.82, 2.24) is 10.2 Å². The third kappa shape index (κ3) is 7.97. The molecule has 1 aliphatic heterocycles. The van der Waals surface area contributed by atoms with Crippen molar-refractivity contribution in [1.29, 1.82) is 0 Å². The van der Waals surface area contributed by atoms with Gasteiger partial charge < -0.3 is 28.4 Å². The standard InChI is InChI=1S/C25H28N2O10/c1-14(28)32-13-20-21(33-15(2)29)22(34-16(3)30)23(35-17(4)31)25(36-20)37-24-19(10-11-26-27-24)12-18-8-6-5-7-9-18/h5-11,20-23,25H,12-13H2,1-4H3/t20-,21-,22+,23-,25+/m1/s1. The second-order valence-corrected chi connectivity index (χ2v) is 8.21. The number of benzene rings is 1. The highest BCUT2D eigenvalue weighted by Crippen LogP contribution is 2.31. The van der Waals surface area contributed by atoms with E-state index in [9.17, 15) is 19.2 Å². The molecule has 1 aliphatic rings. The summed E-state index contributed by atoms with van der Waals surface area (Å²) >= 11 is 0. The summed E-state index contributed by atoms with van der Waals surface area (Å²) in [4.78, 5) is 47.3. The first-order valence-corrected chi connectivity index (χ1v) is 11.5. The lowest BCUT2D eigenvalue weighted by Gasteiger charge is -2.43. The molecule has 1 aromatic heterocycles. The smallest absolute Gasteiger partial charge is 0.303 e. The van der Waals surface area contributed by atoms with Gasteiger partial charge in [-0.3, -0.25) is 19.2 Å². The van der Waals surface area contributed by atoms with E-state index in [1.807, 2.05) is 30.3 Å². The van der Waals surface area contributed by atoms with Gasteiger partial charge >= 0.3 is 23.9 Å². The molecule has 5 atom stereocenters. The van der Waals surface area contributed by atoms with Crippen LogP contribution in [0.5, 0.6) is 5.88 Å². The topological polar surface area (TPSA) is 149 Å². The minimum atomic E-state index is -1.40. The first kappa shape index (κ1) is 27.5. The number of hydrogen-bond acceptors (Lipinski definition) is 12. The molecule has 0 unspecified atom stereocenters. The highest BCUT2D eigenvalue weighted by molar-refractivity contribution is 5.68. The Balaban J connectivity index is 1.98. The van der Waals surface area contributed by atoms with Crippen molar-refractivity contribution in [3.05, 3.63) is 53.7 Å². The van der Waals surface area contributed by atoms with Crippen LogP contribution in [0, 0.1) is 0 Å². The fourth-order valence-electron chi connectivity index (χ4n) is 3.79. The fraction of sp³-hybridized carbons (Fsp3) is 0.440. The van der Waals surface area contributed by atoms with Gasteiger partial charge in [0.05, 0.1) is 6.20 Å². The number of nitrogens with zero attached hydrogens (tertiary/aromatic N) is 2. The lowest BCUT2D eigenvalue weighted by molar-refractivity contribution is -0.289. The molecular weight excluding hydrogens is 488 g/mol. The molecule has 0 radical (unpaired) electrons. The number of hydrogen-bond donors (Lipinski definition) is 0. The predicted octanol–water partition coefficient (Wildman–Crippen LogP) is 1.53. The largest absolute Gasteiger partial charge is 0.463 e. The van der Waals surface area contributed by atoms with Crippen molar-refractivity contribution in [3.63, 3.8) is 0 Å². The van der Waals surface area contributed by atoms with Crippen molar-refractivity contribution < 1.29 is 47.6 Å². The number of carbonyl (C=O) groups excluding carboxylic acids is 4. The Morgan fingerprint density at radius 1 is 0.811 bits per heavy atom. The van der Waals surface area contributed by atoms with Crippen molar-refractivity contribution >= 4 is 23.9 Å². The van der Waals surface area contributed by atoms with Gasteiger partial charge in [0, 0.05) is 39.7 Å². The quantitative estimate of drug-likeness (QED) is 0.351. The number of carbonyl (C=O) groups is 4. The third-order valence-electron chi connectivity index (χ3n) is 5.18. The van der Waals surface area contributed by atoms with Crippen molar-refractivity contribution in [2.45, 2.75) is 64.8 Å². The van der Waals surface area contributed by atoms with Gasteiger partial charge in [-0.25, -0.2) is 0 Å². The maximum Gasteiger partial charge on any atom is 0.303 e. The molecule has 0 saturated carbocycles. The molecule has 37 heavy (non-hydrogen) atoms. The molecule has 0 amide bonds. The van der Waals surface area contributed by atoms with Crippen LogP contribution in [0.15, 0.2) is 42.6 Å². The zero-order chi connectivity index (χ0) is 26.9. The molecule has 3 rings (SSSR count). The lowest BCUT2D eigenvalue weighted by Crippen LogP contribution is -2.63. The van der Waals surface area contributed by atoms with Crippen LogP contribution in [-0.4, -0.2) is 71.4 Å². The third-order valence-corrected chi connectivity index (χ3v) is 5.18. The summed E-state index contributed by atoms with van der Waals surface area (Å²) in [5.41, 5.74) is 1.62. The van der Waals surface area contributed by atoms with Crippen LogP contribution in [0.4, 0.5) is 0 Å². The van der Waals surface area contributed by atoms with E-state index in [2.05, 4.69) is 10.2 Å². The van der Waals surface area contributed by atoms with Crippen LogP contribution in [-0.2, 0) is 49.3 Å². The molecule has 2 heterocycles. The first-order chi connectivity index (χ1) is 17.6. The molecule has 0 spiro atoms. The Bertz CT molecular complexity index is 1110. The Labute approximate surface area is 213 Å². The molecule has 0 bridgehead atoms. The van der Waals surface area contributed by atoms with Crippen LogP contribution in [0.1, 0.15) is 38.8 Å². The van der Waals surface area contributed by atoms with Crippen molar-refractivity contribution in [2.24, 2.45) is 0 Å². The van der Waals surface area contributed by atoms with Gasteiger partial charge in [-0.2, -0.15) is 5.10 Å². The predicted molar refractivity (Wildman–Crippen MR) is 124 cm³/mol.